The first-order valence-corrected chi connectivity index (χ1v) is 5.71. The maximum absolute atomic E-state index is 8.76. The van der Waals surface area contributed by atoms with E-state index in [0.717, 1.165) is 18.7 Å². The third kappa shape index (κ3) is 5.29. The first kappa shape index (κ1) is 13.4. The van der Waals surface area contributed by atoms with Gasteiger partial charge in [-0.25, -0.2) is 0 Å². The van der Waals surface area contributed by atoms with Crippen LogP contribution in [-0.2, 0) is 4.74 Å². The zero-order valence-corrected chi connectivity index (χ0v) is 10.5. The van der Waals surface area contributed by atoms with Crippen molar-refractivity contribution in [3.05, 3.63) is 29.8 Å². The maximum Gasteiger partial charge on any atom is 0.170 e. The van der Waals surface area contributed by atoms with Gasteiger partial charge in [-0.15, -0.1) is 0 Å². The van der Waals surface area contributed by atoms with Crippen LogP contribution in [0.2, 0.25) is 0 Å². The summed E-state index contributed by atoms with van der Waals surface area (Å²) in [6.07, 6.45) is 0.899. The molecule has 1 aromatic rings. The van der Waals surface area contributed by atoms with Crippen LogP contribution in [0.1, 0.15) is 12.0 Å². The van der Waals surface area contributed by atoms with Crippen molar-refractivity contribution >= 4 is 23.0 Å². The Bertz CT molecular complexity index is 414. The van der Waals surface area contributed by atoms with Gasteiger partial charge in [0.25, 0.3) is 0 Å². The Morgan fingerprint density at radius 2 is 2.35 bits per heavy atom. The minimum Gasteiger partial charge on any atom is -0.385 e. The summed E-state index contributed by atoms with van der Waals surface area (Å²) in [7, 11) is 1.67. The molecule has 90 valence electrons. The minimum atomic E-state index is 0.552. The van der Waals surface area contributed by atoms with Crippen molar-refractivity contribution in [1.29, 1.82) is 5.26 Å². The average Bonchev–Trinajstić information content (AvgIpc) is 2.35. The van der Waals surface area contributed by atoms with E-state index >= 15 is 0 Å². The van der Waals surface area contributed by atoms with Gasteiger partial charge in [0.05, 0.1) is 11.6 Å². The number of benzene rings is 1. The SMILES string of the molecule is COCCCNC(=S)Nc1cccc(C#N)c1. The number of methoxy groups -OCH3 is 1. The molecule has 0 saturated carbocycles. The van der Waals surface area contributed by atoms with Crippen LogP contribution < -0.4 is 10.6 Å². The van der Waals surface area contributed by atoms with Gasteiger partial charge in [0.15, 0.2) is 5.11 Å². The molecule has 5 heteroatoms. The number of nitrogens with one attached hydrogen (secondary N) is 2. The van der Waals surface area contributed by atoms with E-state index in [-0.39, 0.29) is 0 Å². The molecule has 0 unspecified atom stereocenters. The zero-order chi connectivity index (χ0) is 12.5. The van der Waals surface area contributed by atoms with E-state index < -0.39 is 0 Å². The van der Waals surface area contributed by atoms with E-state index in [1.807, 2.05) is 12.1 Å². The maximum atomic E-state index is 8.76. The molecular formula is C12H15N3OS. The van der Waals surface area contributed by atoms with E-state index in [1.165, 1.54) is 0 Å². The van der Waals surface area contributed by atoms with Crippen LogP contribution in [0.5, 0.6) is 0 Å². The fourth-order valence-corrected chi connectivity index (χ4v) is 1.48. The highest BCUT2D eigenvalue weighted by Gasteiger charge is 1.98. The molecule has 1 rings (SSSR count). The fourth-order valence-electron chi connectivity index (χ4n) is 1.26. The number of hydrogen-bond donors (Lipinski definition) is 2. The molecule has 0 amide bonds. The summed E-state index contributed by atoms with van der Waals surface area (Å²) in [5.41, 5.74) is 1.42. The van der Waals surface area contributed by atoms with Crippen LogP contribution in [0.4, 0.5) is 5.69 Å². The molecule has 0 aliphatic rings. The predicted molar refractivity (Wildman–Crippen MR) is 71.9 cm³/mol. The Labute approximate surface area is 107 Å². The molecule has 0 saturated heterocycles. The molecule has 0 bridgehead atoms. The predicted octanol–water partition coefficient (Wildman–Crippen LogP) is 1.88. The van der Waals surface area contributed by atoms with Gasteiger partial charge >= 0.3 is 0 Å². The number of rotatable bonds is 5. The van der Waals surface area contributed by atoms with Crippen LogP contribution in [-0.4, -0.2) is 25.4 Å². The summed E-state index contributed by atoms with van der Waals surface area (Å²) in [5, 5.41) is 15.4. The van der Waals surface area contributed by atoms with Crippen molar-refractivity contribution in [3.8, 4) is 6.07 Å². The third-order valence-corrected chi connectivity index (χ3v) is 2.31. The average molecular weight is 249 g/mol. The number of ether oxygens (including phenoxy) is 1. The summed E-state index contributed by atoms with van der Waals surface area (Å²) in [6, 6.07) is 9.26. The van der Waals surface area contributed by atoms with Crippen LogP contribution in [0.25, 0.3) is 0 Å². The highest BCUT2D eigenvalue weighted by Crippen LogP contribution is 2.09. The number of nitriles is 1. The van der Waals surface area contributed by atoms with Crippen LogP contribution in [0.3, 0.4) is 0 Å². The molecule has 17 heavy (non-hydrogen) atoms. The van der Waals surface area contributed by atoms with E-state index in [9.17, 15) is 0 Å². The Hall–Kier alpha value is -1.64. The molecule has 0 heterocycles. The number of thiocarbonyl (C=S) groups is 1. The van der Waals surface area contributed by atoms with Crippen LogP contribution in [0.15, 0.2) is 24.3 Å². The summed E-state index contributed by atoms with van der Waals surface area (Å²) < 4.78 is 4.93. The van der Waals surface area contributed by atoms with Gasteiger partial charge in [0.2, 0.25) is 0 Å². The largest absolute Gasteiger partial charge is 0.385 e. The quantitative estimate of drug-likeness (QED) is 0.616. The van der Waals surface area contributed by atoms with E-state index in [0.29, 0.717) is 17.3 Å². The van der Waals surface area contributed by atoms with Crippen LogP contribution in [0, 0.1) is 11.3 Å². The second-order valence-corrected chi connectivity index (χ2v) is 3.83. The van der Waals surface area contributed by atoms with Crippen molar-refractivity contribution in [2.75, 3.05) is 25.6 Å². The van der Waals surface area contributed by atoms with Crippen molar-refractivity contribution in [1.82, 2.24) is 5.32 Å². The smallest absolute Gasteiger partial charge is 0.170 e. The Kier molecular flexibility index (Phi) is 6.00. The molecule has 0 radical (unpaired) electrons. The number of anilines is 1. The lowest BCUT2D eigenvalue weighted by Crippen LogP contribution is -2.29. The molecule has 0 fully saturated rings. The Balaban J connectivity index is 2.37. The second-order valence-electron chi connectivity index (χ2n) is 3.42. The molecular weight excluding hydrogens is 234 g/mol. The highest BCUT2D eigenvalue weighted by molar-refractivity contribution is 7.80. The number of nitrogens with zero attached hydrogens (tertiary/aromatic N) is 1. The van der Waals surface area contributed by atoms with Gasteiger partial charge in [0.1, 0.15) is 0 Å². The van der Waals surface area contributed by atoms with Crippen molar-refractivity contribution < 1.29 is 4.74 Å². The van der Waals surface area contributed by atoms with Gasteiger partial charge < -0.3 is 15.4 Å². The lowest BCUT2D eigenvalue weighted by molar-refractivity contribution is 0.196. The summed E-state index contributed by atoms with van der Waals surface area (Å²) in [4.78, 5) is 0. The summed E-state index contributed by atoms with van der Waals surface area (Å²) >= 11 is 5.12. The van der Waals surface area contributed by atoms with Gasteiger partial charge in [-0.1, -0.05) is 6.07 Å². The topological polar surface area (TPSA) is 57.1 Å². The first-order valence-electron chi connectivity index (χ1n) is 5.30. The van der Waals surface area contributed by atoms with Gasteiger partial charge in [-0.05, 0) is 36.8 Å². The Morgan fingerprint density at radius 3 is 3.06 bits per heavy atom. The highest BCUT2D eigenvalue weighted by atomic mass is 32.1. The normalized spacial score (nSPS) is 9.41. The first-order chi connectivity index (χ1) is 8.26. The molecule has 0 aliphatic heterocycles. The summed E-state index contributed by atoms with van der Waals surface area (Å²) in [5.74, 6) is 0. The van der Waals surface area contributed by atoms with E-state index in [4.69, 9.17) is 22.2 Å². The third-order valence-electron chi connectivity index (χ3n) is 2.06. The minimum absolute atomic E-state index is 0.552. The molecule has 4 nitrogen and oxygen atoms in total. The fraction of sp³-hybridized carbons (Fsp3) is 0.333. The van der Waals surface area contributed by atoms with E-state index in [1.54, 1.807) is 19.2 Å². The van der Waals surface area contributed by atoms with Gasteiger partial charge in [-0.2, -0.15) is 5.26 Å². The zero-order valence-electron chi connectivity index (χ0n) is 9.69. The molecule has 0 aromatic heterocycles. The molecule has 2 N–H and O–H groups in total. The van der Waals surface area contributed by atoms with Crippen molar-refractivity contribution in [2.24, 2.45) is 0 Å². The second kappa shape index (κ2) is 7.60. The van der Waals surface area contributed by atoms with Crippen molar-refractivity contribution in [2.45, 2.75) is 6.42 Å². The van der Waals surface area contributed by atoms with Crippen LogP contribution >= 0.6 is 12.2 Å². The molecule has 0 spiro atoms. The molecule has 0 atom stereocenters. The monoisotopic (exact) mass is 249 g/mol. The lowest BCUT2D eigenvalue weighted by Gasteiger charge is -2.10. The van der Waals surface area contributed by atoms with Crippen molar-refractivity contribution in [3.63, 3.8) is 0 Å². The standard InChI is InChI=1S/C12H15N3OS/c1-16-7-3-6-14-12(17)15-11-5-2-4-10(8-11)9-13/h2,4-5,8H,3,6-7H2,1H3,(H2,14,15,17). The van der Waals surface area contributed by atoms with E-state index in [2.05, 4.69) is 16.7 Å². The lowest BCUT2D eigenvalue weighted by atomic mass is 10.2. The van der Waals surface area contributed by atoms with Gasteiger partial charge in [0, 0.05) is 25.9 Å². The van der Waals surface area contributed by atoms with Gasteiger partial charge in [-0.3, -0.25) is 0 Å². The molecule has 0 aliphatic carbocycles. The number of hydrogen-bond acceptors (Lipinski definition) is 3. The summed E-state index contributed by atoms with van der Waals surface area (Å²) in [6.45, 7) is 1.47. The Morgan fingerprint density at radius 1 is 1.53 bits per heavy atom. The molecule has 1 aromatic carbocycles.